The lowest BCUT2D eigenvalue weighted by atomic mass is 9.94. The van der Waals surface area contributed by atoms with E-state index < -0.39 is 0 Å². The number of aromatic nitrogens is 5. The van der Waals surface area contributed by atoms with Gasteiger partial charge in [0, 0.05) is 78.7 Å². The van der Waals surface area contributed by atoms with Gasteiger partial charge in [-0.3, -0.25) is 4.57 Å². The Balaban J connectivity index is 0.859. The maximum atomic E-state index is 5.58. The van der Waals surface area contributed by atoms with Crippen molar-refractivity contribution in [2.45, 2.75) is 0 Å². The van der Waals surface area contributed by atoms with Crippen LogP contribution in [0, 0.1) is 0 Å². The molecule has 0 aliphatic heterocycles. The molecule has 0 amide bonds. The zero-order valence-electron chi connectivity index (χ0n) is 44.0. The molecule has 0 radical (unpaired) electrons. The van der Waals surface area contributed by atoms with Gasteiger partial charge < -0.3 is 4.57 Å². The summed E-state index contributed by atoms with van der Waals surface area (Å²) < 4.78 is 9.83. The summed E-state index contributed by atoms with van der Waals surface area (Å²) in [6.45, 7) is 0. The number of hydrogen-bond acceptors (Lipinski definition) is 5. The molecule has 7 heteroatoms. The average Bonchev–Trinajstić information content (AvgIpc) is 4.46. The quantitative estimate of drug-likeness (QED) is 0.152. The van der Waals surface area contributed by atoms with E-state index in [1.54, 1.807) is 0 Å². The van der Waals surface area contributed by atoms with Crippen molar-refractivity contribution in [3.8, 4) is 78.9 Å². The van der Waals surface area contributed by atoms with Crippen LogP contribution < -0.4 is 0 Å². The van der Waals surface area contributed by atoms with E-state index in [1.807, 2.05) is 22.7 Å². The Morgan fingerprint density at radius 2 is 0.671 bits per heavy atom. The van der Waals surface area contributed by atoms with Gasteiger partial charge in [0.1, 0.15) is 0 Å². The highest BCUT2D eigenvalue weighted by Gasteiger charge is 2.22. The highest BCUT2D eigenvalue weighted by molar-refractivity contribution is 7.26. The molecule has 0 spiro atoms. The predicted molar refractivity (Wildman–Crippen MR) is 347 cm³/mol. The van der Waals surface area contributed by atoms with E-state index in [0.29, 0.717) is 17.6 Å². The molecule has 0 atom stereocenters. The van der Waals surface area contributed by atoms with Crippen LogP contribution in [0.5, 0.6) is 0 Å². The molecule has 0 saturated heterocycles. The molecule has 0 fully saturated rings. The third-order valence-corrected chi connectivity index (χ3v) is 18.7. The Morgan fingerprint density at radius 1 is 0.232 bits per heavy atom. The van der Waals surface area contributed by atoms with Gasteiger partial charge in [-0.05, 0) is 136 Å². The van der Waals surface area contributed by atoms with Crippen LogP contribution in [0.1, 0.15) is 0 Å². The second-order valence-corrected chi connectivity index (χ2v) is 23.3. The molecule has 82 heavy (non-hydrogen) atoms. The molecule has 382 valence electrons. The summed E-state index contributed by atoms with van der Waals surface area (Å²) in [6, 6.07) is 98.8. The first-order valence-corrected chi connectivity index (χ1v) is 29.3. The van der Waals surface area contributed by atoms with Gasteiger partial charge >= 0.3 is 0 Å². The minimum atomic E-state index is 0.540. The molecule has 0 N–H and O–H groups in total. The van der Waals surface area contributed by atoms with Crippen LogP contribution in [0.3, 0.4) is 0 Å². The first kappa shape index (κ1) is 46.6. The Hall–Kier alpha value is -10.3. The van der Waals surface area contributed by atoms with Crippen molar-refractivity contribution in [1.82, 2.24) is 24.1 Å². The van der Waals surface area contributed by atoms with Crippen LogP contribution in [0.4, 0.5) is 0 Å². The van der Waals surface area contributed by atoms with E-state index in [2.05, 4.69) is 282 Å². The van der Waals surface area contributed by atoms with Gasteiger partial charge in [-0.25, -0.2) is 4.98 Å². The molecule has 17 rings (SSSR count). The lowest BCUT2D eigenvalue weighted by molar-refractivity contribution is 0.953. The summed E-state index contributed by atoms with van der Waals surface area (Å²) in [5, 5.41) is 9.81. The van der Waals surface area contributed by atoms with E-state index in [4.69, 9.17) is 15.0 Å². The summed E-state index contributed by atoms with van der Waals surface area (Å²) in [7, 11) is 0. The van der Waals surface area contributed by atoms with Crippen molar-refractivity contribution in [3.05, 3.63) is 273 Å². The fourth-order valence-corrected chi connectivity index (χ4v) is 14.7. The van der Waals surface area contributed by atoms with E-state index in [0.717, 1.165) is 77.5 Å². The molecule has 12 aromatic carbocycles. The Labute approximate surface area is 479 Å². The summed E-state index contributed by atoms with van der Waals surface area (Å²) in [6.07, 6.45) is 0. The normalized spacial score (nSPS) is 11.9. The second kappa shape index (κ2) is 18.6. The number of fused-ring (bicyclic) bond motifs is 12. The van der Waals surface area contributed by atoms with Gasteiger partial charge in [-0.1, -0.05) is 182 Å². The zero-order valence-corrected chi connectivity index (χ0v) is 45.7. The predicted octanol–water partition coefficient (Wildman–Crippen LogP) is 20.8. The Kier molecular flexibility index (Phi) is 10.6. The monoisotopic (exact) mass is 1080 g/mol. The third-order valence-electron chi connectivity index (χ3n) is 16.4. The van der Waals surface area contributed by atoms with Crippen LogP contribution in [-0.4, -0.2) is 24.1 Å². The zero-order chi connectivity index (χ0) is 53.8. The van der Waals surface area contributed by atoms with Gasteiger partial charge in [0.15, 0.2) is 11.6 Å². The standard InChI is InChI=1S/C75H45N5S2/c1-3-16-46(17-4-1)48-30-35-55(47-18-5-2-6-19-47)64(45-48)74-76-73(77-75(78-74)80-66-27-12-8-23-57(66)61-42-50(32-37-68(61)80)52-34-39-72-63(44-52)59-25-10-14-29-70(59)82-72)53-20-15-21-54(40-53)79-65-26-11-7-22-56(65)60-41-49(31-36-67(60)79)51-33-38-71-62(43-51)58-24-9-13-28-69(58)81-71/h1-45H. The SMILES string of the molecule is c1ccc(-c2ccc(-c3ccccc3)c(-c3nc(-c4cccc(-n5c6ccccc6c6cc(-c7ccc8sc9ccccc9c8c7)ccc65)c4)nc(-n4c5ccccc5c5cc(-c6ccc7sc8ccccc8c7c6)ccc54)n3)c2)cc1. The summed E-state index contributed by atoms with van der Waals surface area (Å²) in [5.41, 5.74) is 16.1. The highest BCUT2D eigenvalue weighted by atomic mass is 32.1. The Bertz CT molecular complexity index is 5420. The topological polar surface area (TPSA) is 48.5 Å². The second-order valence-electron chi connectivity index (χ2n) is 21.1. The van der Waals surface area contributed by atoms with E-state index in [9.17, 15) is 0 Å². The number of rotatable bonds is 8. The van der Waals surface area contributed by atoms with Crippen molar-refractivity contribution < 1.29 is 0 Å². The molecule has 5 aromatic heterocycles. The first-order chi connectivity index (χ1) is 40.6. The van der Waals surface area contributed by atoms with Gasteiger partial charge in [-0.15, -0.1) is 22.7 Å². The van der Waals surface area contributed by atoms with Crippen LogP contribution >= 0.6 is 22.7 Å². The number of hydrogen-bond donors (Lipinski definition) is 0. The molecule has 0 bridgehead atoms. The van der Waals surface area contributed by atoms with Crippen molar-refractivity contribution >= 4 is 107 Å². The fourth-order valence-electron chi connectivity index (χ4n) is 12.5. The van der Waals surface area contributed by atoms with Crippen LogP contribution in [0.2, 0.25) is 0 Å². The molecule has 0 unspecified atom stereocenters. The van der Waals surface area contributed by atoms with Gasteiger partial charge in [0.2, 0.25) is 5.95 Å². The molecule has 0 aliphatic rings. The molecule has 0 aliphatic carbocycles. The number of thiophene rings is 2. The third kappa shape index (κ3) is 7.55. The number of benzene rings is 12. The largest absolute Gasteiger partial charge is 0.309 e. The lowest BCUT2D eigenvalue weighted by Gasteiger charge is -2.15. The average molecular weight is 1080 g/mol. The summed E-state index contributed by atoms with van der Waals surface area (Å²) in [4.78, 5) is 16.7. The van der Waals surface area contributed by atoms with Gasteiger partial charge in [-0.2, -0.15) is 9.97 Å². The molecule has 0 saturated carbocycles. The van der Waals surface area contributed by atoms with E-state index in [-0.39, 0.29) is 0 Å². The van der Waals surface area contributed by atoms with Crippen LogP contribution in [0.15, 0.2) is 273 Å². The van der Waals surface area contributed by atoms with Gasteiger partial charge in [0.25, 0.3) is 0 Å². The van der Waals surface area contributed by atoms with Crippen molar-refractivity contribution in [2.24, 2.45) is 0 Å². The minimum absolute atomic E-state index is 0.540. The molecular weight excluding hydrogens is 1030 g/mol. The lowest BCUT2D eigenvalue weighted by Crippen LogP contribution is -2.07. The van der Waals surface area contributed by atoms with Crippen LogP contribution in [0.25, 0.3) is 163 Å². The van der Waals surface area contributed by atoms with Crippen molar-refractivity contribution in [3.63, 3.8) is 0 Å². The van der Waals surface area contributed by atoms with E-state index in [1.165, 1.54) is 67.8 Å². The summed E-state index contributed by atoms with van der Waals surface area (Å²) >= 11 is 3.70. The Morgan fingerprint density at radius 3 is 1.29 bits per heavy atom. The van der Waals surface area contributed by atoms with Crippen LogP contribution in [-0.2, 0) is 0 Å². The van der Waals surface area contributed by atoms with Crippen molar-refractivity contribution in [2.75, 3.05) is 0 Å². The number of para-hydroxylation sites is 2. The highest BCUT2D eigenvalue weighted by Crippen LogP contribution is 2.43. The molecule has 17 aromatic rings. The first-order valence-electron chi connectivity index (χ1n) is 27.6. The number of nitrogens with zero attached hydrogens (tertiary/aromatic N) is 5. The minimum Gasteiger partial charge on any atom is -0.309 e. The molecule has 5 heterocycles. The maximum absolute atomic E-state index is 5.58. The van der Waals surface area contributed by atoms with E-state index >= 15 is 0 Å². The molecule has 5 nitrogen and oxygen atoms in total. The maximum Gasteiger partial charge on any atom is 0.238 e. The smallest absolute Gasteiger partial charge is 0.238 e. The molecular formula is C75H45N5S2. The summed E-state index contributed by atoms with van der Waals surface area (Å²) in [5.74, 6) is 1.70. The fraction of sp³-hybridized carbons (Fsp3) is 0. The van der Waals surface area contributed by atoms with Crippen molar-refractivity contribution in [1.29, 1.82) is 0 Å². The van der Waals surface area contributed by atoms with Gasteiger partial charge in [0.05, 0.1) is 22.1 Å².